The molecule has 18 heavy (non-hydrogen) atoms. The number of pyridine rings is 1. The largest absolute Gasteiger partial charge is 0.313 e. The molecule has 2 aliphatic rings. The minimum atomic E-state index is 0.438. The first-order valence-corrected chi connectivity index (χ1v) is 7.47. The van der Waals surface area contributed by atoms with Gasteiger partial charge in [-0.3, -0.25) is 4.98 Å². The highest BCUT2D eigenvalue weighted by Crippen LogP contribution is 2.42. The minimum Gasteiger partial charge on any atom is -0.313 e. The monoisotopic (exact) mass is 264 g/mol. The summed E-state index contributed by atoms with van der Waals surface area (Å²) in [5, 5.41) is 4.55. The van der Waals surface area contributed by atoms with Crippen LogP contribution in [0.3, 0.4) is 0 Å². The van der Waals surface area contributed by atoms with Crippen molar-refractivity contribution in [3.05, 3.63) is 29.0 Å². The molecule has 1 aromatic rings. The van der Waals surface area contributed by atoms with Gasteiger partial charge in [0.2, 0.25) is 0 Å². The topological polar surface area (TPSA) is 24.9 Å². The normalized spacial score (nSPS) is 22.3. The van der Waals surface area contributed by atoms with Crippen LogP contribution in [-0.4, -0.2) is 17.6 Å². The van der Waals surface area contributed by atoms with Crippen molar-refractivity contribution >= 4 is 11.6 Å². The zero-order valence-corrected chi connectivity index (χ0v) is 11.5. The summed E-state index contributed by atoms with van der Waals surface area (Å²) < 4.78 is 0. The van der Waals surface area contributed by atoms with Gasteiger partial charge in [-0.25, -0.2) is 0 Å². The van der Waals surface area contributed by atoms with E-state index in [-0.39, 0.29) is 0 Å². The summed E-state index contributed by atoms with van der Waals surface area (Å²) in [6, 6.07) is 2.88. The molecule has 2 aliphatic carbocycles. The SMILES string of the molecule is Clc1cnccc1CC1(CNC2CC2)CCCC1. The molecule has 0 saturated heterocycles. The summed E-state index contributed by atoms with van der Waals surface area (Å²) in [6.07, 6.45) is 12.9. The lowest BCUT2D eigenvalue weighted by Gasteiger charge is -2.30. The molecule has 1 N–H and O–H groups in total. The number of hydrogen-bond donors (Lipinski definition) is 1. The van der Waals surface area contributed by atoms with Gasteiger partial charge in [0.15, 0.2) is 0 Å². The van der Waals surface area contributed by atoms with Crippen molar-refractivity contribution in [1.29, 1.82) is 0 Å². The van der Waals surface area contributed by atoms with E-state index in [1.807, 2.05) is 6.20 Å². The van der Waals surface area contributed by atoms with Crippen molar-refractivity contribution in [2.24, 2.45) is 5.41 Å². The predicted octanol–water partition coefficient (Wildman–Crippen LogP) is 3.59. The van der Waals surface area contributed by atoms with Gasteiger partial charge in [-0.05, 0) is 49.1 Å². The van der Waals surface area contributed by atoms with Crippen LogP contribution in [0, 0.1) is 5.41 Å². The Morgan fingerprint density at radius 2 is 2.11 bits per heavy atom. The van der Waals surface area contributed by atoms with Crippen LogP contribution in [0.1, 0.15) is 44.1 Å². The lowest BCUT2D eigenvalue weighted by molar-refractivity contribution is 0.276. The summed E-state index contributed by atoms with van der Waals surface area (Å²) >= 11 is 6.26. The van der Waals surface area contributed by atoms with Crippen LogP contribution in [0.15, 0.2) is 18.5 Å². The molecule has 0 radical (unpaired) electrons. The van der Waals surface area contributed by atoms with Crippen molar-refractivity contribution in [3.8, 4) is 0 Å². The maximum atomic E-state index is 6.26. The van der Waals surface area contributed by atoms with Gasteiger partial charge >= 0.3 is 0 Å². The van der Waals surface area contributed by atoms with Crippen LogP contribution < -0.4 is 5.32 Å². The number of aromatic nitrogens is 1. The average molecular weight is 265 g/mol. The number of rotatable bonds is 5. The second-order valence-corrected chi connectivity index (χ2v) is 6.41. The molecule has 98 valence electrons. The van der Waals surface area contributed by atoms with Gasteiger partial charge in [0, 0.05) is 25.0 Å². The molecule has 2 saturated carbocycles. The Bertz CT molecular complexity index is 409. The molecular weight excluding hydrogens is 244 g/mol. The van der Waals surface area contributed by atoms with E-state index in [0.717, 1.165) is 24.0 Å². The fourth-order valence-corrected chi connectivity index (χ4v) is 3.33. The van der Waals surface area contributed by atoms with E-state index < -0.39 is 0 Å². The molecule has 2 nitrogen and oxygen atoms in total. The van der Waals surface area contributed by atoms with Crippen molar-refractivity contribution in [1.82, 2.24) is 10.3 Å². The minimum absolute atomic E-state index is 0.438. The number of nitrogens with zero attached hydrogens (tertiary/aromatic N) is 1. The van der Waals surface area contributed by atoms with E-state index in [4.69, 9.17) is 11.6 Å². The highest BCUT2D eigenvalue weighted by molar-refractivity contribution is 6.31. The maximum absolute atomic E-state index is 6.26. The molecule has 1 heterocycles. The van der Waals surface area contributed by atoms with Gasteiger partial charge < -0.3 is 5.32 Å². The van der Waals surface area contributed by atoms with Crippen LogP contribution in [-0.2, 0) is 6.42 Å². The van der Waals surface area contributed by atoms with E-state index >= 15 is 0 Å². The van der Waals surface area contributed by atoms with Gasteiger partial charge in [-0.15, -0.1) is 0 Å². The quantitative estimate of drug-likeness (QED) is 0.879. The third-order valence-corrected chi connectivity index (χ3v) is 4.77. The Labute approximate surface area is 114 Å². The Morgan fingerprint density at radius 3 is 2.78 bits per heavy atom. The Balaban J connectivity index is 1.70. The van der Waals surface area contributed by atoms with E-state index in [0.29, 0.717) is 5.41 Å². The smallest absolute Gasteiger partial charge is 0.0621 e. The zero-order chi connectivity index (χ0) is 12.4. The van der Waals surface area contributed by atoms with Crippen LogP contribution >= 0.6 is 11.6 Å². The lowest BCUT2D eigenvalue weighted by atomic mass is 9.80. The number of hydrogen-bond acceptors (Lipinski definition) is 2. The fourth-order valence-electron chi connectivity index (χ4n) is 3.14. The van der Waals surface area contributed by atoms with Crippen molar-refractivity contribution in [2.75, 3.05) is 6.54 Å². The van der Waals surface area contributed by atoms with Gasteiger partial charge in [-0.2, -0.15) is 0 Å². The van der Waals surface area contributed by atoms with E-state index in [1.165, 1.54) is 44.1 Å². The Morgan fingerprint density at radius 1 is 1.33 bits per heavy atom. The second-order valence-electron chi connectivity index (χ2n) is 6.01. The first-order chi connectivity index (χ1) is 8.77. The summed E-state index contributed by atoms with van der Waals surface area (Å²) in [6.45, 7) is 1.16. The van der Waals surface area contributed by atoms with Gasteiger partial charge in [0.1, 0.15) is 0 Å². The van der Waals surface area contributed by atoms with Crippen LogP contribution in [0.5, 0.6) is 0 Å². The number of halogens is 1. The van der Waals surface area contributed by atoms with Crippen LogP contribution in [0.4, 0.5) is 0 Å². The average Bonchev–Trinajstić information content (AvgIpc) is 3.10. The molecule has 0 spiro atoms. The zero-order valence-electron chi connectivity index (χ0n) is 10.8. The molecule has 1 aromatic heterocycles. The summed E-state index contributed by atoms with van der Waals surface area (Å²) in [7, 11) is 0. The van der Waals surface area contributed by atoms with Crippen molar-refractivity contribution < 1.29 is 0 Å². The molecule has 3 heteroatoms. The third kappa shape index (κ3) is 2.86. The van der Waals surface area contributed by atoms with Crippen LogP contribution in [0.2, 0.25) is 5.02 Å². The molecule has 0 unspecified atom stereocenters. The van der Waals surface area contributed by atoms with E-state index in [1.54, 1.807) is 6.20 Å². The highest BCUT2D eigenvalue weighted by atomic mass is 35.5. The Hall–Kier alpha value is -0.600. The molecular formula is C15H21ClN2. The van der Waals surface area contributed by atoms with E-state index in [2.05, 4.69) is 16.4 Å². The molecule has 0 atom stereocenters. The lowest BCUT2D eigenvalue weighted by Crippen LogP contribution is -2.35. The van der Waals surface area contributed by atoms with E-state index in [9.17, 15) is 0 Å². The summed E-state index contributed by atoms with van der Waals surface area (Å²) in [5.74, 6) is 0. The first kappa shape index (κ1) is 12.4. The van der Waals surface area contributed by atoms with Gasteiger partial charge in [-0.1, -0.05) is 24.4 Å². The highest BCUT2D eigenvalue weighted by Gasteiger charge is 2.35. The standard InChI is InChI=1S/C15H21ClN2/c16-14-10-17-8-5-12(14)9-15(6-1-2-7-15)11-18-13-3-4-13/h5,8,10,13,18H,1-4,6-7,9,11H2. The molecule has 2 fully saturated rings. The third-order valence-electron chi connectivity index (χ3n) is 4.43. The fraction of sp³-hybridized carbons (Fsp3) is 0.667. The summed E-state index contributed by atoms with van der Waals surface area (Å²) in [5.41, 5.74) is 1.71. The molecule has 0 aromatic carbocycles. The maximum Gasteiger partial charge on any atom is 0.0621 e. The Kier molecular flexibility index (Phi) is 3.58. The van der Waals surface area contributed by atoms with Crippen LogP contribution in [0.25, 0.3) is 0 Å². The predicted molar refractivity (Wildman–Crippen MR) is 74.9 cm³/mol. The van der Waals surface area contributed by atoms with Crippen molar-refractivity contribution in [3.63, 3.8) is 0 Å². The van der Waals surface area contributed by atoms with Gasteiger partial charge in [0.25, 0.3) is 0 Å². The summed E-state index contributed by atoms with van der Waals surface area (Å²) in [4.78, 5) is 4.08. The van der Waals surface area contributed by atoms with Gasteiger partial charge in [0.05, 0.1) is 5.02 Å². The molecule has 3 rings (SSSR count). The molecule has 0 aliphatic heterocycles. The van der Waals surface area contributed by atoms with Crippen molar-refractivity contribution in [2.45, 2.75) is 51.0 Å². The second kappa shape index (κ2) is 5.18. The molecule has 0 bridgehead atoms. The number of nitrogens with one attached hydrogen (secondary N) is 1. The molecule has 0 amide bonds. The first-order valence-electron chi connectivity index (χ1n) is 7.09.